The van der Waals surface area contributed by atoms with Gasteiger partial charge in [0.25, 0.3) is 0 Å². The average molecular weight is 129 g/mol. The molecule has 0 fully saturated rings. The van der Waals surface area contributed by atoms with Gasteiger partial charge in [0.15, 0.2) is 0 Å². The molecule has 0 aromatic heterocycles. The number of ether oxygens (including phenoxy) is 1. The van der Waals surface area contributed by atoms with Crippen molar-refractivity contribution in [3.8, 4) is 0 Å². The van der Waals surface area contributed by atoms with Crippen molar-refractivity contribution in [3.05, 3.63) is 12.2 Å². The Morgan fingerprint density at radius 1 is 1.78 bits per heavy atom. The smallest absolute Gasteiger partial charge is 0.0766 e. The van der Waals surface area contributed by atoms with Crippen LogP contribution < -0.4 is 5.73 Å². The Morgan fingerprint density at radius 2 is 2.33 bits per heavy atom. The lowest BCUT2D eigenvalue weighted by Crippen LogP contribution is -2.17. The zero-order chi connectivity index (χ0) is 7.28. The first kappa shape index (κ1) is 8.66. The van der Waals surface area contributed by atoms with Gasteiger partial charge in [0, 0.05) is 13.2 Å². The molecule has 0 saturated carbocycles. The molecule has 0 rings (SSSR count). The first-order chi connectivity index (χ1) is 4.22. The Kier molecular flexibility index (Phi) is 4.36. The van der Waals surface area contributed by atoms with Crippen molar-refractivity contribution in [1.29, 1.82) is 0 Å². The van der Waals surface area contributed by atoms with Crippen molar-refractivity contribution < 1.29 is 4.74 Å². The van der Waals surface area contributed by atoms with Gasteiger partial charge in [-0.2, -0.15) is 0 Å². The molecule has 2 N–H and O–H groups in total. The van der Waals surface area contributed by atoms with Gasteiger partial charge in [-0.25, -0.2) is 0 Å². The van der Waals surface area contributed by atoms with E-state index in [-0.39, 0.29) is 6.10 Å². The minimum absolute atomic E-state index is 0.111. The summed E-state index contributed by atoms with van der Waals surface area (Å²) in [6.45, 7) is 8.89. The zero-order valence-electron chi connectivity index (χ0n) is 6.18. The van der Waals surface area contributed by atoms with E-state index in [1.807, 2.05) is 13.8 Å². The van der Waals surface area contributed by atoms with Crippen LogP contribution in [0.15, 0.2) is 12.2 Å². The second-order valence-corrected chi connectivity index (χ2v) is 1.96. The van der Waals surface area contributed by atoms with Crippen LogP contribution in [-0.4, -0.2) is 19.3 Å². The molecule has 2 heteroatoms. The molecule has 9 heavy (non-hydrogen) atoms. The third-order valence-corrected chi connectivity index (χ3v) is 1.25. The molecule has 0 spiro atoms. The normalized spacial score (nSPS) is 13.2. The van der Waals surface area contributed by atoms with E-state index in [0.29, 0.717) is 6.54 Å². The summed E-state index contributed by atoms with van der Waals surface area (Å²) < 4.78 is 5.21. The van der Waals surface area contributed by atoms with Gasteiger partial charge in [0.2, 0.25) is 0 Å². The van der Waals surface area contributed by atoms with E-state index in [4.69, 9.17) is 10.5 Å². The van der Waals surface area contributed by atoms with E-state index in [1.54, 1.807) is 0 Å². The SMILES string of the molecule is C=C(CN)C(C)OCC. The summed E-state index contributed by atoms with van der Waals surface area (Å²) in [4.78, 5) is 0. The standard InChI is InChI=1S/C7H15NO/c1-4-9-7(3)6(2)5-8/h7H,2,4-5,8H2,1,3H3. The van der Waals surface area contributed by atoms with Crippen LogP contribution in [0.2, 0.25) is 0 Å². The summed E-state index contributed by atoms with van der Waals surface area (Å²) >= 11 is 0. The zero-order valence-corrected chi connectivity index (χ0v) is 6.18. The minimum atomic E-state index is 0.111. The second-order valence-electron chi connectivity index (χ2n) is 1.96. The molecule has 0 radical (unpaired) electrons. The summed E-state index contributed by atoms with van der Waals surface area (Å²) in [5, 5.41) is 0. The van der Waals surface area contributed by atoms with Gasteiger partial charge in [-0.3, -0.25) is 0 Å². The van der Waals surface area contributed by atoms with Gasteiger partial charge in [0.1, 0.15) is 0 Å². The fraction of sp³-hybridized carbons (Fsp3) is 0.714. The second kappa shape index (κ2) is 4.53. The van der Waals surface area contributed by atoms with Crippen LogP contribution in [0.4, 0.5) is 0 Å². The summed E-state index contributed by atoms with van der Waals surface area (Å²) in [6.07, 6.45) is 0.111. The summed E-state index contributed by atoms with van der Waals surface area (Å²) in [6, 6.07) is 0. The highest BCUT2D eigenvalue weighted by Gasteiger charge is 2.01. The molecule has 54 valence electrons. The lowest BCUT2D eigenvalue weighted by Gasteiger charge is -2.11. The van der Waals surface area contributed by atoms with E-state index in [2.05, 4.69) is 6.58 Å². The van der Waals surface area contributed by atoms with E-state index >= 15 is 0 Å². The highest BCUT2D eigenvalue weighted by atomic mass is 16.5. The van der Waals surface area contributed by atoms with Crippen molar-refractivity contribution in [3.63, 3.8) is 0 Å². The Labute approximate surface area is 56.7 Å². The fourth-order valence-corrected chi connectivity index (χ4v) is 0.534. The third kappa shape index (κ3) is 3.27. The van der Waals surface area contributed by atoms with E-state index in [1.165, 1.54) is 0 Å². The largest absolute Gasteiger partial charge is 0.374 e. The maximum absolute atomic E-state index is 5.32. The predicted molar refractivity (Wildman–Crippen MR) is 39.3 cm³/mol. The maximum Gasteiger partial charge on any atom is 0.0766 e. The van der Waals surface area contributed by atoms with E-state index in [9.17, 15) is 0 Å². The Hall–Kier alpha value is -0.340. The fourth-order valence-electron chi connectivity index (χ4n) is 0.534. The highest BCUT2D eigenvalue weighted by Crippen LogP contribution is 2.00. The predicted octanol–water partition coefficient (Wildman–Crippen LogP) is 0.926. The van der Waals surface area contributed by atoms with Crippen molar-refractivity contribution >= 4 is 0 Å². The van der Waals surface area contributed by atoms with Gasteiger partial charge in [-0.1, -0.05) is 6.58 Å². The monoisotopic (exact) mass is 129 g/mol. The Bertz CT molecular complexity index is 90.9. The summed E-state index contributed by atoms with van der Waals surface area (Å²) in [5.41, 5.74) is 6.28. The molecule has 0 aliphatic heterocycles. The maximum atomic E-state index is 5.32. The molecule has 1 unspecified atom stereocenters. The molecule has 0 saturated heterocycles. The van der Waals surface area contributed by atoms with Gasteiger partial charge in [-0.05, 0) is 19.4 Å². The van der Waals surface area contributed by atoms with Gasteiger partial charge < -0.3 is 10.5 Å². The molecule has 0 heterocycles. The number of nitrogens with two attached hydrogens (primary N) is 1. The van der Waals surface area contributed by atoms with Gasteiger partial charge in [0.05, 0.1) is 6.10 Å². The highest BCUT2D eigenvalue weighted by molar-refractivity contribution is 5.01. The Morgan fingerprint density at radius 3 is 2.67 bits per heavy atom. The molecular formula is C7H15NO. The van der Waals surface area contributed by atoms with Crippen molar-refractivity contribution in [2.45, 2.75) is 20.0 Å². The van der Waals surface area contributed by atoms with E-state index in [0.717, 1.165) is 12.2 Å². The topological polar surface area (TPSA) is 35.2 Å². The molecular weight excluding hydrogens is 114 g/mol. The average Bonchev–Trinajstić information content (AvgIpc) is 1.87. The first-order valence-corrected chi connectivity index (χ1v) is 3.21. The molecule has 0 aromatic carbocycles. The lowest BCUT2D eigenvalue weighted by molar-refractivity contribution is 0.101. The van der Waals surface area contributed by atoms with Crippen LogP contribution in [0.25, 0.3) is 0 Å². The van der Waals surface area contributed by atoms with Gasteiger partial charge in [-0.15, -0.1) is 0 Å². The molecule has 0 aromatic rings. The number of rotatable bonds is 4. The third-order valence-electron chi connectivity index (χ3n) is 1.25. The molecule has 2 nitrogen and oxygen atoms in total. The number of hydrogen-bond acceptors (Lipinski definition) is 2. The van der Waals surface area contributed by atoms with Crippen LogP contribution >= 0.6 is 0 Å². The van der Waals surface area contributed by atoms with Gasteiger partial charge >= 0.3 is 0 Å². The van der Waals surface area contributed by atoms with Crippen LogP contribution in [-0.2, 0) is 4.74 Å². The van der Waals surface area contributed by atoms with Crippen molar-refractivity contribution in [2.24, 2.45) is 5.73 Å². The van der Waals surface area contributed by atoms with E-state index < -0.39 is 0 Å². The summed E-state index contributed by atoms with van der Waals surface area (Å²) in [7, 11) is 0. The summed E-state index contributed by atoms with van der Waals surface area (Å²) in [5.74, 6) is 0. The molecule has 0 amide bonds. The first-order valence-electron chi connectivity index (χ1n) is 3.21. The molecule has 1 atom stereocenters. The molecule has 0 bridgehead atoms. The van der Waals surface area contributed by atoms with Crippen LogP contribution in [0, 0.1) is 0 Å². The minimum Gasteiger partial charge on any atom is -0.374 e. The van der Waals surface area contributed by atoms with Crippen LogP contribution in [0.1, 0.15) is 13.8 Å². The lowest BCUT2D eigenvalue weighted by atomic mass is 10.2. The Balaban J connectivity index is 3.45. The quantitative estimate of drug-likeness (QED) is 0.573. The van der Waals surface area contributed by atoms with Crippen molar-refractivity contribution in [1.82, 2.24) is 0 Å². The van der Waals surface area contributed by atoms with Crippen molar-refractivity contribution in [2.75, 3.05) is 13.2 Å². The van der Waals surface area contributed by atoms with Crippen LogP contribution in [0.3, 0.4) is 0 Å². The number of hydrogen-bond donors (Lipinski definition) is 1. The molecule has 0 aliphatic rings. The molecule has 0 aliphatic carbocycles. The van der Waals surface area contributed by atoms with Crippen LogP contribution in [0.5, 0.6) is 0 Å².